The number of fused-ring (bicyclic) bond motifs is 2. The van der Waals surface area contributed by atoms with E-state index >= 15 is 0 Å². The van der Waals surface area contributed by atoms with Gasteiger partial charge in [0, 0.05) is 0 Å². The Morgan fingerprint density at radius 3 is 2.47 bits per heavy atom. The van der Waals surface area contributed by atoms with Crippen molar-refractivity contribution < 1.29 is 8.78 Å². The Hall–Kier alpha value is -2.75. The molecule has 5 rings (SSSR count). The quantitative estimate of drug-likeness (QED) is 0.483. The summed E-state index contributed by atoms with van der Waals surface area (Å²) in [6, 6.07) is 13.4. The number of aromatic nitrogens is 2. The summed E-state index contributed by atoms with van der Waals surface area (Å²) in [6.45, 7) is 2.41. The van der Waals surface area contributed by atoms with Gasteiger partial charge in [0.25, 0.3) is 0 Å². The Balaban J connectivity index is 1.41. The molecule has 154 valence electrons. The van der Waals surface area contributed by atoms with Crippen LogP contribution in [0.5, 0.6) is 0 Å². The van der Waals surface area contributed by atoms with E-state index in [0.717, 1.165) is 37.1 Å². The molecule has 2 aliphatic carbocycles. The molecule has 2 aliphatic rings. The first-order valence-corrected chi connectivity index (χ1v) is 10.8. The molecule has 3 aromatic rings. The molecule has 0 spiro atoms. The van der Waals surface area contributed by atoms with E-state index in [4.69, 9.17) is 0 Å². The van der Waals surface area contributed by atoms with Crippen LogP contribution >= 0.6 is 0 Å². The number of allylic oxidation sites excluding steroid dienone is 1. The highest BCUT2D eigenvalue weighted by Gasteiger charge is 2.42. The molecule has 0 amide bonds. The van der Waals surface area contributed by atoms with Gasteiger partial charge in [0.15, 0.2) is 0 Å². The van der Waals surface area contributed by atoms with Crippen LogP contribution in [0, 0.1) is 23.0 Å². The lowest BCUT2D eigenvalue weighted by Gasteiger charge is -2.46. The lowest BCUT2D eigenvalue weighted by molar-refractivity contribution is 0.170. The SMILES string of the molecule is C[C@]12Cc3cnn(-c4ccc(F)cc4)c3C=C1CCC[C@@H]2CCc1ccc(F)cc1. The number of rotatable bonds is 4. The van der Waals surface area contributed by atoms with Crippen LogP contribution in [-0.4, -0.2) is 9.78 Å². The number of nitrogens with zero attached hydrogens (tertiary/aromatic N) is 2. The first-order chi connectivity index (χ1) is 14.5. The van der Waals surface area contributed by atoms with Crippen LogP contribution in [0.25, 0.3) is 11.8 Å². The average molecular weight is 405 g/mol. The van der Waals surface area contributed by atoms with Gasteiger partial charge in [-0.3, -0.25) is 0 Å². The molecule has 2 atom stereocenters. The number of hydrogen-bond acceptors (Lipinski definition) is 1. The third-order valence-corrected chi connectivity index (χ3v) is 7.15. The van der Waals surface area contributed by atoms with Crippen LogP contribution < -0.4 is 0 Å². The zero-order valence-corrected chi connectivity index (χ0v) is 17.2. The minimum atomic E-state index is -0.234. The first-order valence-electron chi connectivity index (χ1n) is 10.8. The van der Waals surface area contributed by atoms with E-state index in [1.165, 1.54) is 41.7 Å². The van der Waals surface area contributed by atoms with Crippen molar-refractivity contribution in [2.75, 3.05) is 0 Å². The van der Waals surface area contributed by atoms with Crippen LogP contribution in [0.15, 0.2) is 60.3 Å². The topological polar surface area (TPSA) is 17.8 Å². The van der Waals surface area contributed by atoms with E-state index in [1.54, 1.807) is 24.3 Å². The predicted molar refractivity (Wildman–Crippen MR) is 115 cm³/mol. The van der Waals surface area contributed by atoms with Gasteiger partial charge in [0.2, 0.25) is 0 Å². The highest BCUT2D eigenvalue weighted by atomic mass is 19.1. The molecule has 2 nitrogen and oxygen atoms in total. The maximum absolute atomic E-state index is 13.3. The van der Waals surface area contributed by atoms with Crippen LogP contribution in [0.2, 0.25) is 0 Å². The summed E-state index contributed by atoms with van der Waals surface area (Å²) in [5.74, 6) is 0.193. The summed E-state index contributed by atoms with van der Waals surface area (Å²) < 4.78 is 28.5. The first kappa shape index (κ1) is 19.2. The Kier molecular flexibility index (Phi) is 4.80. The molecule has 0 aliphatic heterocycles. The van der Waals surface area contributed by atoms with Gasteiger partial charge in [-0.1, -0.05) is 24.6 Å². The van der Waals surface area contributed by atoms with Crippen molar-refractivity contribution in [3.05, 3.63) is 88.8 Å². The molecule has 0 N–H and O–H groups in total. The highest BCUT2D eigenvalue weighted by Crippen LogP contribution is 2.52. The van der Waals surface area contributed by atoms with Gasteiger partial charge in [-0.15, -0.1) is 0 Å². The minimum Gasteiger partial charge on any atom is -0.233 e. The maximum atomic E-state index is 13.3. The summed E-state index contributed by atoms with van der Waals surface area (Å²) in [6.07, 6.45) is 10.9. The van der Waals surface area contributed by atoms with E-state index in [1.807, 2.05) is 23.0 Å². The molecule has 1 fully saturated rings. The van der Waals surface area contributed by atoms with Gasteiger partial charge in [-0.05, 0) is 103 Å². The third-order valence-electron chi connectivity index (χ3n) is 7.15. The van der Waals surface area contributed by atoms with E-state index in [-0.39, 0.29) is 17.0 Å². The van der Waals surface area contributed by atoms with Crippen LogP contribution in [-0.2, 0) is 12.8 Å². The lowest BCUT2D eigenvalue weighted by atomic mass is 9.58. The van der Waals surface area contributed by atoms with Crippen molar-refractivity contribution in [2.45, 2.75) is 45.4 Å². The summed E-state index contributed by atoms with van der Waals surface area (Å²) in [7, 11) is 0. The maximum Gasteiger partial charge on any atom is 0.123 e. The molecule has 0 saturated heterocycles. The number of hydrogen-bond donors (Lipinski definition) is 0. The largest absolute Gasteiger partial charge is 0.233 e. The fraction of sp³-hybridized carbons (Fsp3) is 0.346. The number of benzene rings is 2. The van der Waals surface area contributed by atoms with Gasteiger partial charge in [-0.2, -0.15) is 5.10 Å². The molecule has 1 aromatic heterocycles. The molecule has 2 aromatic carbocycles. The summed E-state index contributed by atoms with van der Waals surface area (Å²) in [4.78, 5) is 0. The summed E-state index contributed by atoms with van der Waals surface area (Å²) in [5.41, 5.74) is 6.14. The van der Waals surface area contributed by atoms with Gasteiger partial charge >= 0.3 is 0 Å². The Morgan fingerprint density at radius 1 is 1.03 bits per heavy atom. The zero-order chi connectivity index (χ0) is 20.7. The smallest absolute Gasteiger partial charge is 0.123 e. The van der Waals surface area contributed by atoms with Gasteiger partial charge in [0.05, 0.1) is 17.6 Å². The third kappa shape index (κ3) is 3.38. The van der Waals surface area contributed by atoms with E-state index in [2.05, 4.69) is 18.1 Å². The highest BCUT2D eigenvalue weighted by molar-refractivity contribution is 5.61. The molecular formula is C26H26F2N2. The fourth-order valence-corrected chi connectivity index (χ4v) is 5.39. The molecule has 4 heteroatoms. The minimum absolute atomic E-state index is 0.141. The van der Waals surface area contributed by atoms with Crippen molar-refractivity contribution in [3.63, 3.8) is 0 Å². The van der Waals surface area contributed by atoms with Crippen molar-refractivity contribution >= 4 is 6.08 Å². The van der Waals surface area contributed by atoms with Crippen molar-refractivity contribution in [3.8, 4) is 5.69 Å². The summed E-state index contributed by atoms with van der Waals surface area (Å²) >= 11 is 0. The van der Waals surface area contributed by atoms with E-state index < -0.39 is 0 Å². The zero-order valence-electron chi connectivity index (χ0n) is 17.2. The van der Waals surface area contributed by atoms with Gasteiger partial charge < -0.3 is 0 Å². The Labute approximate surface area is 176 Å². The monoisotopic (exact) mass is 404 g/mol. The number of aryl methyl sites for hydroxylation is 1. The van der Waals surface area contributed by atoms with Crippen LogP contribution in [0.4, 0.5) is 8.78 Å². The van der Waals surface area contributed by atoms with E-state index in [0.29, 0.717) is 5.92 Å². The number of halogens is 2. The second-order valence-corrected chi connectivity index (χ2v) is 8.96. The van der Waals surface area contributed by atoms with E-state index in [9.17, 15) is 8.78 Å². The van der Waals surface area contributed by atoms with Gasteiger partial charge in [-0.25, -0.2) is 13.5 Å². The molecule has 0 bridgehead atoms. The molecule has 1 heterocycles. The average Bonchev–Trinajstić information content (AvgIpc) is 3.14. The standard InChI is InChI=1S/C26H26F2N2/c1-26-16-19-17-29-30(24-13-11-23(28)12-14-24)25(19)15-21(26)4-2-3-20(26)8-5-18-6-9-22(27)10-7-18/h6-7,9-15,17,20H,2-5,8,16H2,1H3/t20-,26-/m1/s1. The molecular weight excluding hydrogens is 378 g/mol. The molecule has 0 unspecified atom stereocenters. The second-order valence-electron chi connectivity index (χ2n) is 8.96. The Bertz CT molecular complexity index is 1080. The normalized spacial score (nSPS) is 22.9. The molecule has 0 radical (unpaired) electrons. The Morgan fingerprint density at radius 2 is 1.73 bits per heavy atom. The lowest BCUT2D eigenvalue weighted by Crippen LogP contribution is -2.37. The van der Waals surface area contributed by atoms with Crippen LogP contribution in [0.1, 0.15) is 49.4 Å². The van der Waals surface area contributed by atoms with Crippen LogP contribution in [0.3, 0.4) is 0 Å². The van der Waals surface area contributed by atoms with Crippen molar-refractivity contribution in [2.24, 2.45) is 11.3 Å². The second kappa shape index (κ2) is 7.50. The van der Waals surface area contributed by atoms with Crippen molar-refractivity contribution in [1.82, 2.24) is 9.78 Å². The predicted octanol–water partition coefficient (Wildman–Crippen LogP) is 6.53. The van der Waals surface area contributed by atoms with Gasteiger partial charge in [0.1, 0.15) is 11.6 Å². The van der Waals surface area contributed by atoms with Crippen molar-refractivity contribution in [1.29, 1.82) is 0 Å². The summed E-state index contributed by atoms with van der Waals surface area (Å²) in [5, 5.41) is 4.63. The molecule has 1 saturated carbocycles. The molecule has 30 heavy (non-hydrogen) atoms. The fourth-order valence-electron chi connectivity index (χ4n) is 5.39.